The van der Waals surface area contributed by atoms with E-state index < -0.39 is 0 Å². The second-order valence-corrected chi connectivity index (χ2v) is 4.43. The molecule has 70 valence electrons. The van der Waals surface area contributed by atoms with E-state index in [1.807, 2.05) is 0 Å². The highest BCUT2D eigenvalue weighted by molar-refractivity contribution is 5.26. The molecule has 1 aliphatic rings. The molecule has 1 aromatic carbocycles. The molecule has 0 heterocycles. The van der Waals surface area contributed by atoms with E-state index in [0.29, 0.717) is 11.5 Å². The Balaban J connectivity index is 2.26. The highest BCUT2D eigenvalue weighted by atomic mass is 14.7. The molecule has 0 saturated heterocycles. The zero-order valence-corrected chi connectivity index (χ0v) is 8.16. The molecule has 1 fully saturated rings. The molecule has 2 rings (SSSR count). The Labute approximate surface area is 80.0 Å². The van der Waals surface area contributed by atoms with Crippen LogP contribution in [0.2, 0.25) is 0 Å². The van der Waals surface area contributed by atoms with Crippen LogP contribution in [0, 0.1) is 0 Å². The summed E-state index contributed by atoms with van der Waals surface area (Å²) < 4.78 is 0. The molecule has 1 saturated carbocycles. The molecule has 1 aliphatic carbocycles. The first-order chi connectivity index (χ1) is 6.21. The third kappa shape index (κ3) is 1.61. The van der Waals surface area contributed by atoms with Gasteiger partial charge in [0.15, 0.2) is 0 Å². The van der Waals surface area contributed by atoms with Crippen LogP contribution in [0.3, 0.4) is 0 Å². The summed E-state index contributed by atoms with van der Waals surface area (Å²) in [4.78, 5) is 0. The maximum absolute atomic E-state index is 5.95. The second kappa shape index (κ2) is 3.15. The van der Waals surface area contributed by atoms with E-state index in [0.717, 1.165) is 6.42 Å². The van der Waals surface area contributed by atoms with Gasteiger partial charge in [-0.25, -0.2) is 0 Å². The van der Waals surface area contributed by atoms with Crippen molar-refractivity contribution in [3.05, 3.63) is 35.9 Å². The Hall–Kier alpha value is -0.820. The molecule has 1 aromatic rings. The van der Waals surface area contributed by atoms with Gasteiger partial charge in [-0.1, -0.05) is 37.3 Å². The quantitative estimate of drug-likeness (QED) is 0.697. The fraction of sp³-hybridized carbons (Fsp3) is 0.500. The van der Waals surface area contributed by atoms with E-state index in [1.165, 1.54) is 18.4 Å². The van der Waals surface area contributed by atoms with Gasteiger partial charge in [0.2, 0.25) is 0 Å². The summed E-state index contributed by atoms with van der Waals surface area (Å²) in [7, 11) is 0. The Morgan fingerprint density at radius 1 is 1.31 bits per heavy atom. The van der Waals surface area contributed by atoms with Crippen LogP contribution < -0.4 is 5.73 Å². The topological polar surface area (TPSA) is 26.0 Å². The van der Waals surface area contributed by atoms with E-state index in [-0.39, 0.29) is 0 Å². The van der Waals surface area contributed by atoms with Crippen LogP contribution in [0.5, 0.6) is 0 Å². The average molecular weight is 175 g/mol. The first-order valence-electron chi connectivity index (χ1n) is 5.02. The van der Waals surface area contributed by atoms with Gasteiger partial charge >= 0.3 is 0 Å². The largest absolute Gasteiger partial charge is 0.328 e. The average Bonchev–Trinajstić information content (AvgIpc) is 2.49. The predicted octanol–water partition coefficient (Wildman–Crippen LogP) is 2.46. The fourth-order valence-corrected chi connectivity index (χ4v) is 2.39. The molecule has 0 bridgehead atoms. The molecule has 0 amide bonds. The minimum atomic E-state index is 0.334. The normalized spacial score (nSPS) is 33.5. The van der Waals surface area contributed by atoms with Crippen LogP contribution >= 0.6 is 0 Å². The summed E-state index contributed by atoms with van der Waals surface area (Å²) in [5.74, 6) is 0. The molecule has 0 spiro atoms. The van der Waals surface area contributed by atoms with Crippen molar-refractivity contribution in [1.82, 2.24) is 0 Å². The highest BCUT2D eigenvalue weighted by Gasteiger charge is 2.34. The maximum Gasteiger partial charge on any atom is 0.00475 e. The van der Waals surface area contributed by atoms with E-state index in [9.17, 15) is 0 Å². The Morgan fingerprint density at radius 3 is 2.54 bits per heavy atom. The number of hydrogen-bond donors (Lipinski definition) is 1. The van der Waals surface area contributed by atoms with Gasteiger partial charge in [0.1, 0.15) is 0 Å². The van der Waals surface area contributed by atoms with Crippen LogP contribution in [0.4, 0.5) is 0 Å². The Kier molecular flexibility index (Phi) is 2.12. The summed E-state index contributed by atoms with van der Waals surface area (Å²) in [6.45, 7) is 2.33. The van der Waals surface area contributed by atoms with Gasteiger partial charge in [-0.05, 0) is 30.2 Å². The lowest BCUT2D eigenvalue weighted by atomic mass is 9.81. The molecular formula is C12H17N. The lowest BCUT2D eigenvalue weighted by Crippen LogP contribution is -2.22. The molecule has 0 unspecified atom stereocenters. The van der Waals surface area contributed by atoms with Crippen LogP contribution in [0.1, 0.15) is 31.7 Å². The Morgan fingerprint density at radius 2 is 2.00 bits per heavy atom. The predicted molar refractivity (Wildman–Crippen MR) is 55.6 cm³/mol. The smallest absolute Gasteiger partial charge is 0.00475 e. The molecule has 2 atom stereocenters. The summed E-state index contributed by atoms with van der Waals surface area (Å²) in [6.07, 6.45) is 3.54. The highest BCUT2D eigenvalue weighted by Crippen LogP contribution is 2.39. The van der Waals surface area contributed by atoms with Crippen molar-refractivity contribution < 1.29 is 0 Å². The van der Waals surface area contributed by atoms with Crippen LogP contribution in [0.15, 0.2) is 30.3 Å². The summed E-state index contributed by atoms with van der Waals surface area (Å²) in [6, 6.07) is 11.2. The molecule has 1 heteroatoms. The Bertz CT molecular complexity index is 280. The zero-order valence-electron chi connectivity index (χ0n) is 8.16. The zero-order chi connectivity index (χ0) is 9.31. The molecule has 0 aromatic heterocycles. The summed E-state index contributed by atoms with van der Waals surface area (Å²) in [5, 5.41) is 0. The van der Waals surface area contributed by atoms with Crippen molar-refractivity contribution in [1.29, 1.82) is 0 Å². The van der Waals surface area contributed by atoms with Crippen molar-refractivity contribution in [3.8, 4) is 0 Å². The SMILES string of the molecule is C[C@@]1(c2ccccc2)CC[C@@H](N)C1. The monoisotopic (exact) mass is 175 g/mol. The van der Waals surface area contributed by atoms with Gasteiger partial charge < -0.3 is 5.73 Å². The first kappa shape index (κ1) is 8.76. The summed E-state index contributed by atoms with van der Waals surface area (Å²) in [5.41, 5.74) is 7.73. The minimum Gasteiger partial charge on any atom is -0.328 e. The number of nitrogens with two attached hydrogens (primary N) is 1. The minimum absolute atomic E-state index is 0.334. The number of hydrogen-bond acceptors (Lipinski definition) is 1. The lowest BCUT2D eigenvalue weighted by Gasteiger charge is -2.24. The van der Waals surface area contributed by atoms with Crippen molar-refractivity contribution in [3.63, 3.8) is 0 Å². The van der Waals surface area contributed by atoms with Crippen molar-refractivity contribution in [2.45, 2.75) is 37.6 Å². The van der Waals surface area contributed by atoms with Gasteiger partial charge in [0, 0.05) is 6.04 Å². The third-order valence-corrected chi connectivity index (χ3v) is 3.25. The van der Waals surface area contributed by atoms with Crippen LogP contribution in [-0.4, -0.2) is 6.04 Å². The van der Waals surface area contributed by atoms with E-state index in [1.54, 1.807) is 0 Å². The summed E-state index contributed by atoms with van der Waals surface area (Å²) >= 11 is 0. The van der Waals surface area contributed by atoms with Crippen molar-refractivity contribution in [2.24, 2.45) is 5.73 Å². The maximum atomic E-state index is 5.95. The fourth-order valence-electron chi connectivity index (χ4n) is 2.39. The lowest BCUT2D eigenvalue weighted by molar-refractivity contribution is 0.482. The number of benzene rings is 1. The van der Waals surface area contributed by atoms with Gasteiger partial charge in [0.25, 0.3) is 0 Å². The first-order valence-corrected chi connectivity index (χ1v) is 5.02. The standard InChI is InChI=1S/C12H17N/c1-12(8-7-11(13)9-12)10-5-3-2-4-6-10/h2-6,11H,7-9,13H2,1H3/t11-,12-/m1/s1. The molecule has 0 aliphatic heterocycles. The third-order valence-electron chi connectivity index (χ3n) is 3.25. The molecular weight excluding hydrogens is 158 g/mol. The van der Waals surface area contributed by atoms with E-state index >= 15 is 0 Å². The van der Waals surface area contributed by atoms with Gasteiger partial charge in [-0.15, -0.1) is 0 Å². The molecule has 0 radical (unpaired) electrons. The second-order valence-electron chi connectivity index (χ2n) is 4.43. The van der Waals surface area contributed by atoms with E-state index in [2.05, 4.69) is 37.3 Å². The number of rotatable bonds is 1. The van der Waals surface area contributed by atoms with Crippen LogP contribution in [-0.2, 0) is 5.41 Å². The van der Waals surface area contributed by atoms with Crippen molar-refractivity contribution >= 4 is 0 Å². The van der Waals surface area contributed by atoms with Gasteiger partial charge in [0.05, 0.1) is 0 Å². The van der Waals surface area contributed by atoms with E-state index in [4.69, 9.17) is 5.73 Å². The molecule has 13 heavy (non-hydrogen) atoms. The van der Waals surface area contributed by atoms with Crippen LogP contribution in [0.25, 0.3) is 0 Å². The molecule has 2 N–H and O–H groups in total. The molecule has 1 nitrogen and oxygen atoms in total. The van der Waals surface area contributed by atoms with Gasteiger partial charge in [-0.2, -0.15) is 0 Å². The van der Waals surface area contributed by atoms with Gasteiger partial charge in [-0.3, -0.25) is 0 Å². The van der Waals surface area contributed by atoms with Crippen molar-refractivity contribution in [2.75, 3.05) is 0 Å².